The van der Waals surface area contributed by atoms with Crippen molar-refractivity contribution in [2.75, 3.05) is 0 Å². The number of carbonyl (C=O) groups is 1. The monoisotopic (exact) mass is 232 g/mol. The van der Waals surface area contributed by atoms with Crippen LogP contribution in [0.15, 0.2) is 46.2 Å². The van der Waals surface area contributed by atoms with Crippen molar-refractivity contribution in [3.05, 3.63) is 41.3 Å². The molecule has 0 heterocycles. The van der Waals surface area contributed by atoms with E-state index in [0.717, 1.165) is 16.2 Å². The molecule has 1 aromatic rings. The van der Waals surface area contributed by atoms with Crippen LogP contribution in [-0.2, 0) is 4.79 Å². The first kappa shape index (κ1) is 11.5. The van der Waals surface area contributed by atoms with Crippen LogP contribution in [0.4, 0.5) is 0 Å². The van der Waals surface area contributed by atoms with Crippen molar-refractivity contribution < 1.29 is 4.79 Å². The van der Waals surface area contributed by atoms with Gasteiger partial charge in [0.05, 0.1) is 4.91 Å². The van der Waals surface area contributed by atoms with Gasteiger partial charge in [0, 0.05) is 11.3 Å². The minimum Gasteiger partial charge on any atom is -0.294 e. The zero-order chi connectivity index (χ0) is 11.6. The molecule has 0 fully saturated rings. The number of ketones is 1. The van der Waals surface area contributed by atoms with Gasteiger partial charge in [-0.15, -0.1) is 0 Å². The molecule has 2 heteroatoms. The summed E-state index contributed by atoms with van der Waals surface area (Å²) in [5.74, 6) is 0.285. The third-order valence-corrected chi connectivity index (χ3v) is 3.84. The summed E-state index contributed by atoms with van der Waals surface area (Å²) in [5.41, 5.74) is 0.158. The zero-order valence-electron chi connectivity index (χ0n) is 9.69. The molecule has 1 aliphatic rings. The molecule has 1 aromatic carbocycles. The van der Waals surface area contributed by atoms with E-state index in [1.807, 2.05) is 30.3 Å². The molecule has 0 radical (unpaired) electrons. The molecular weight excluding hydrogens is 216 g/mol. The number of carbonyl (C=O) groups excluding carboxylic acids is 1. The molecule has 0 saturated carbocycles. The van der Waals surface area contributed by atoms with Crippen molar-refractivity contribution >= 4 is 17.5 Å². The van der Waals surface area contributed by atoms with E-state index >= 15 is 0 Å². The van der Waals surface area contributed by atoms with Crippen LogP contribution in [0, 0.1) is 5.41 Å². The second-order valence-corrected chi connectivity index (χ2v) is 5.95. The van der Waals surface area contributed by atoms with Gasteiger partial charge < -0.3 is 0 Å². The Balaban J connectivity index is 2.20. The number of hydrogen-bond donors (Lipinski definition) is 0. The zero-order valence-corrected chi connectivity index (χ0v) is 10.5. The fourth-order valence-electron chi connectivity index (χ4n) is 1.77. The summed E-state index contributed by atoms with van der Waals surface area (Å²) < 4.78 is 0. The molecule has 0 aliphatic heterocycles. The molecule has 1 aliphatic carbocycles. The summed E-state index contributed by atoms with van der Waals surface area (Å²) in [6, 6.07) is 10.1. The Morgan fingerprint density at radius 2 is 1.88 bits per heavy atom. The van der Waals surface area contributed by atoms with Crippen LogP contribution in [0.25, 0.3) is 0 Å². The second kappa shape index (κ2) is 4.46. The summed E-state index contributed by atoms with van der Waals surface area (Å²) in [7, 11) is 0. The average Bonchev–Trinajstić information content (AvgIpc) is 2.25. The molecule has 0 unspecified atom stereocenters. The van der Waals surface area contributed by atoms with Crippen molar-refractivity contribution in [3.8, 4) is 0 Å². The molecule has 0 atom stereocenters. The molecule has 0 N–H and O–H groups in total. The molecule has 0 saturated heterocycles. The SMILES string of the molecule is CC1(C)C=C(Sc2ccccc2)C(=O)CC1. The topological polar surface area (TPSA) is 17.1 Å². The number of thioether (sulfide) groups is 1. The highest BCUT2D eigenvalue weighted by molar-refractivity contribution is 8.04. The maximum Gasteiger partial charge on any atom is 0.169 e. The van der Waals surface area contributed by atoms with Gasteiger partial charge >= 0.3 is 0 Å². The van der Waals surface area contributed by atoms with Crippen LogP contribution >= 0.6 is 11.8 Å². The molecule has 16 heavy (non-hydrogen) atoms. The lowest BCUT2D eigenvalue weighted by atomic mass is 9.82. The third-order valence-electron chi connectivity index (χ3n) is 2.76. The number of rotatable bonds is 2. The van der Waals surface area contributed by atoms with E-state index in [1.165, 1.54) is 0 Å². The number of Topliss-reactive ketones (excluding diaryl/α,β-unsaturated/α-hetero) is 1. The van der Waals surface area contributed by atoms with Gasteiger partial charge in [0.2, 0.25) is 0 Å². The minimum absolute atomic E-state index is 0.158. The van der Waals surface area contributed by atoms with Gasteiger partial charge in [0.1, 0.15) is 0 Å². The van der Waals surface area contributed by atoms with Gasteiger partial charge in [-0.25, -0.2) is 0 Å². The van der Waals surface area contributed by atoms with Crippen molar-refractivity contribution in [2.24, 2.45) is 5.41 Å². The molecular formula is C14H16OS. The molecule has 84 valence electrons. The third kappa shape index (κ3) is 2.76. The first-order valence-electron chi connectivity index (χ1n) is 5.56. The summed E-state index contributed by atoms with van der Waals surface area (Å²) in [6.45, 7) is 4.37. The fourth-order valence-corrected chi connectivity index (χ4v) is 2.91. The predicted octanol–water partition coefficient (Wildman–Crippen LogP) is 4.05. The largest absolute Gasteiger partial charge is 0.294 e. The van der Waals surface area contributed by atoms with Crippen molar-refractivity contribution in [1.82, 2.24) is 0 Å². The number of benzene rings is 1. The average molecular weight is 232 g/mol. The fraction of sp³-hybridized carbons (Fsp3) is 0.357. The quantitative estimate of drug-likeness (QED) is 0.765. The van der Waals surface area contributed by atoms with E-state index in [2.05, 4.69) is 19.9 Å². The second-order valence-electron chi connectivity index (χ2n) is 4.84. The Morgan fingerprint density at radius 3 is 2.56 bits per heavy atom. The van der Waals surface area contributed by atoms with E-state index in [0.29, 0.717) is 6.42 Å². The first-order valence-corrected chi connectivity index (χ1v) is 6.37. The van der Waals surface area contributed by atoms with E-state index in [4.69, 9.17) is 0 Å². The standard InChI is InChI=1S/C14H16OS/c1-14(2)9-8-12(15)13(10-14)16-11-6-4-3-5-7-11/h3-7,10H,8-9H2,1-2H3. The lowest BCUT2D eigenvalue weighted by Crippen LogP contribution is -2.18. The van der Waals surface area contributed by atoms with E-state index in [1.54, 1.807) is 11.8 Å². The van der Waals surface area contributed by atoms with Crippen LogP contribution in [-0.4, -0.2) is 5.78 Å². The number of hydrogen-bond acceptors (Lipinski definition) is 2. The van der Waals surface area contributed by atoms with Gasteiger partial charge in [0.25, 0.3) is 0 Å². The van der Waals surface area contributed by atoms with Gasteiger partial charge in [-0.1, -0.05) is 49.9 Å². The lowest BCUT2D eigenvalue weighted by Gasteiger charge is -2.26. The van der Waals surface area contributed by atoms with Crippen LogP contribution in [0.3, 0.4) is 0 Å². The van der Waals surface area contributed by atoms with Gasteiger partial charge in [-0.3, -0.25) is 4.79 Å². The Kier molecular flexibility index (Phi) is 3.20. The Bertz CT molecular complexity index is 418. The summed E-state index contributed by atoms with van der Waals surface area (Å²) >= 11 is 1.59. The van der Waals surface area contributed by atoms with Gasteiger partial charge in [-0.2, -0.15) is 0 Å². The van der Waals surface area contributed by atoms with E-state index in [9.17, 15) is 4.79 Å². The molecule has 0 aromatic heterocycles. The smallest absolute Gasteiger partial charge is 0.169 e. The van der Waals surface area contributed by atoms with Gasteiger partial charge in [0.15, 0.2) is 5.78 Å². The predicted molar refractivity (Wildman–Crippen MR) is 68.4 cm³/mol. The summed E-state index contributed by atoms with van der Waals surface area (Å²) in [4.78, 5) is 13.8. The maximum atomic E-state index is 11.8. The van der Waals surface area contributed by atoms with Crippen molar-refractivity contribution in [2.45, 2.75) is 31.6 Å². The molecule has 2 rings (SSSR count). The molecule has 0 spiro atoms. The molecule has 0 bridgehead atoms. The van der Waals surface area contributed by atoms with Gasteiger partial charge in [-0.05, 0) is 24.0 Å². The molecule has 0 amide bonds. The Hall–Kier alpha value is -1.02. The van der Waals surface area contributed by atoms with E-state index < -0.39 is 0 Å². The maximum absolute atomic E-state index is 11.8. The Morgan fingerprint density at radius 1 is 1.19 bits per heavy atom. The highest BCUT2D eigenvalue weighted by Crippen LogP contribution is 2.38. The molecule has 1 nitrogen and oxygen atoms in total. The van der Waals surface area contributed by atoms with Crippen LogP contribution in [0.2, 0.25) is 0 Å². The van der Waals surface area contributed by atoms with Crippen LogP contribution < -0.4 is 0 Å². The normalized spacial score (nSPS) is 19.4. The Labute approximate surface area is 101 Å². The van der Waals surface area contributed by atoms with Crippen molar-refractivity contribution in [3.63, 3.8) is 0 Å². The summed E-state index contributed by atoms with van der Waals surface area (Å²) in [5, 5.41) is 0. The lowest BCUT2D eigenvalue weighted by molar-refractivity contribution is -0.115. The van der Waals surface area contributed by atoms with Crippen LogP contribution in [0.1, 0.15) is 26.7 Å². The van der Waals surface area contributed by atoms with Crippen molar-refractivity contribution in [1.29, 1.82) is 0 Å². The minimum atomic E-state index is 0.158. The number of allylic oxidation sites excluding steroid dienone is 2. The first-order chi connectivity index (χ1) is 7.57. The highest BCUT2D eigenvalue weighted by atomic mass is 32.2. The highest BCUT2D eigenvalue weighted by Gasteiger charge is 2.26. The van der Waals surface area contributed by atoms with Crippen LogP contribution in [0.5, 0.6) is 0 Å². The van der Waals surface area contributed by atoms with E-state index in [-0.39, 0.29) is 11.2 Å². The summed E-state index contributed by atoms with van der Waals surface area (Å²) in [6.07, 6.45) is 3.76.